The average Bonchev–Trinajstić information content (AvgIpc) is 2.86. The molecule has 0 bridgehead atoms. The van der Waals surface area contributed by atoms with Gasteiger partial charge in [0.15, 0.2) is 0 Å². The Labute approximate surface area is 106 Å². The number of hydrogen-bond acceptors (Lipinski definition) is 2. The number of rotatable bonds is 4. The molecule has 98 valence electrons. The van der Waals surface area contributed by atoms with Crippen molar-refractivity contribution < 1.29 is 4.79 Å². The van der Waals surface area contributed by atoms with Crippen molar-refractivity contribution in [1.29, 1.82) is 0 Å². The van der Waals surface area contributed by atoms with E-state index in [-0.39, 0.29) is 5.41 Å². The van der Waals surface area contributed by atoms with Crippen LogP contribution in [0.1, 0.15) is 58.3 Å². The number of carbonyl (C=O) groups excluding carboxylic acids is 1. The zero-order chi connectivity index (χ0) is 12.3. The van der Waals surface area contributed by atoms with Gasteiger partial charge < -0.3 is 9.69 Å². The van der Waals surface area contributed by atoms with Crippen molar-refractivity contribution in [2.75, 3.05) is 13.6 Å². The molecule has 2 fully saturated rings. The van der Waals surface area contributed by atoms with Gasteiger partial charge in [0.1, 0.15) is 6.29 Å². The third kappa shape index (κ3) is 3.09. The van der Waals surface area contributed by atoms with Crippen molar-refractivity contribution >= 4 is 6.29 Å². The van der Waals surface area contributed by atoms with Gasteiger partial charge in [0, 0.05) is 18.0 Å². The van der Waals surface area contributed by atoms with Crippen molar-refractivity contribution in [1.82, 2.24) is 4.90 Å². The topological polar surface area (TPSA) is 20.3 Å². The number of hydrogen-bond donors (Lipinski definition) is 0. The van der Waals surface area contributed by atoms with Crippen LogP contribution in [0.2, 0.25) is 0 Å². The van der Waals surface area contributed by atoms with Crippen molar-refractivity contribution in [3.63, 3.8) is 0 Å². The van der Waals surface area contributed by atoms with Crippen LogP contribution >= 0.6 is 0 Å². The maximum absolute atomic E-state index is 11.5. The summed E-state index contributed by atoms with van der Waals surface area (Å²) in [7, 11) is 2.22. The van der Waals surface area contributed by atoms with E-state index in [1.165, 1.54) is 44.8 Å². The molecule has 0 heterocycles. The Balaban J connectivity index is 1.91. The molecule has 0 spiro atoms. The molecule has 0 aromatic carbocycles. The van der Waals surface area contributed by atoms with Crippen LogP contribution in [0.25, 0.3) is 0 Å². The molecule has 0 saturated heterocycles. The molecule has 2 aliphatic rings. The first-order valence-electron chi connectivity index (χ1n) is 7.32. The van der Waals surface area contributed by atoms with Crippen LogP contribution in [-0.2, 0) is 4.79 Å². The van der Waals surface area contributed by atoms with Crippen LogP contribution < -0.4 is 0 Å². The standard InChI is InChI=1S/C15H27NO/c1-13-7-9-15(12-17,10-8-13)11-16(2)14-5-3-4-6-14/h12-14H,3-11H2,1-2H3. The summed E-state index contributed by atoms with van der Waals surface area (Å²) >= 11 is 0. The highest BCUT2D eigenvalue weighted by Crippen LogP contribution is 2.38. The third-order valence-electron chi connectivity index (χ3n) is 5.03. The van der Waals surface area contributed by atoms with E-state index in [1.807, 2.05) is 0 Å². The molecule has 17 heavy (non-hydrogen) atoms. The van der Waals surface area contributed by atoms with Crippen LogP contribution in [0.15, 0.2) is 0 Å². The van der Waals surface area contributed by atoms with Gasteiger partial charge in [0.05, 0.1) is 0 Å². The van der Waals surface area contributed by atoms with Gasteiger partial charge in [0.25, 0.3) is 0 Å². The molecular weight excluding hydrogens is 210 g/mol. The van der Waals surface area contributed by atoms with E-state index in [4.69, 9.17) is 0 Å². The van der Waals surface area contributed by atoms with E-state index >= 15 is 0 Å². The predicted octanol–water partition coefficient (Wildman–Crippen LogP) is 3.26. The van der Waals surface area contributed by atoms with Crippen LogP contribution in [0.5, 0.6) is 0 Å². The minimum absolute atomic E-state index is 0.0240. The zero-order valence-electron chi connectivity index (χ0n) is 11.5. The van der Waals surface area contributed by atoms with E-state index < -0.39 is 0 Å². The predicted molar refractivity (Wildman–Crippen MR) is 71.0 cm³/mol. The lowest BCUT2D eigenvalue weighted by Gasteiger charge is -2.39. The highest BCUT2D eigenvalue weighted by molar-refractivity contribution is 5.60. The molecular formula is C15H27NO. The van der Waals surface area contributed by atoms with Gasteiger partial charge >= 0.3 is 0 Å². The van der Waals surface area contributed by atoms with Gasteiger partial charge in [-0.3, -0.25) is 0 Å². The van der Waals surface area contributed by atoms with Gasteiger partial charge in [0.2, 0.25) is 0 Å². The average molecular weight is 237 g/mol. The largest absolute Gasteiger partial charge is 0.303 e. The summed E-state index contributed by atoms with van der Waals surface area (Å²) in [6.07, 6.45) is 11.4. The summed E-state index contributed by atoms with van der Waals surface area (Å²) in [5, 5.41) is 0. The molecule has 2 saturated carbocycles. The molecule has 2 rings (SSSR count). The Kier molecular flexibility index (Phi) is 4.24. The molecule has 0 atom stereocenters. The molecule has 2 aliphatic carbocycles. The molecule has 2 heteroatoms. The Bertz CT molecular complexity index is 250. The lowest BCUT2D eigenvalue weighted by Crippen LogP contribution is -2.43. The molecule has 0 unspecified atom stereocenters. The lowest BCUT2D eigenvalue weighted by atomic mass is 9.71. The van der Waals surface area contributed by atoms with E-state index in [2.05, 4.69) is 18.9 Å². The van der Waals surface area contributed by atoms with Crippen molar-refractivity contribution in [3.8, 4) is 0 Å². The minimum Gasteiger partial charge on any atom is -0.303 e. The van der Waals surface area contributed by atoms with Crippen molar-refractivity contribution in [2.45, 2.75) is 64.3 Å². The van der Waals surface area contributed by atoms with Gasteiger partial charge in [-0.1, -0.05) is 19.8 Å². The molecule has 0 radical (unpaired) electrons. The van der Waals surface area contributed by atoms with E-state index in [0.717, 1.165) is 31.3 Å². The minimum atomic E-state index is -0.0240. The van der Waals surface area contributed by atoms with Crippen LogP contribution in [-0.4, -0.2) is 30.8 Å². The second-order valence-corrected chi connectivity index (χ2v) is 6.52. The first-order valence-corrected chi connectivity index (χ1v) is 7.32. The van der Waals surface area contributed by atoms with Crippen LogP contribution in [0.4, 0.5) is 0 Å². The van der Waals surface area contributed by atoms with Crippen LogP contribution in [0, 0.1) is 11.3 Å². The van der Waals surface area contributed by atoms with Gasteiger partial charge in [-0.2, -0.15) is 0 Å². The first kappa shape index (κ1) is 13.1. The lowest BCUT2D eigenvalue weighted by molar-refractivity contribution is -0.119. The number of aldehydes is 1. The first-order chi connectivity index (χ1) is 8.15. The molecule has 2 nitrogen and oxygen atoms in total. The highest BCUT2D eigenvalue weighted by atomic mass is 16.1. The monoisotopic (exact) mass is 237 g/mol. The Morgan fingerprint density at radius 1 is 1.18 bits per heavy atom. The second kappa shape index (κ2) is 5.51. The Hall–Kier alpha value is -0.370. The Morgan fingerprint density at radius 3 is 2.29 bits per heavy atom. The summed E-state index contributed by atoms with van der Waals surface area (Å²) in [4.78, 5) is 14.0. The van der Waals surface area contributed by atoms with Crippen molar-refractivity contribution in [3.05, 3.63) is 0 Å². The summed E-state index contributed by atoms with van der Waals surface area (Å²) in [5.74, 6) is 0.819. The SMILES string of the molecule is CC1CCC(C=O)(CN(C)C2CCCC2)CC1. The maximum atomic E-state index is 11.5. The van der Waals surface area contributed by atoms with Crippen molar-refractivity contribution in [2.24, 2.45) is 11.3 Å². The van der Waals surface area contributed by atoms with Gasteiger partial charge in [-0.15, -0.1) is 0 Å². The summed E-state index contributed by atoms with van der Waals surface area (Å²) < 4.78 is 0. The second-order valence-electron chi connectivity index (χ2n) is 6.52. The van der Waals surface area contributed by atoms with E-state index in [1.54, 1.807) is 0 Å². The Morgan fingerprint density at radius 2 is 1.76 bits per heavy atom. The normalized spacial score (nSPS) is 35.4. The molecule has 0 aromatic heterocycles. The smallest absolute Gasteiger partial charge is 0.127 e. The number of carbonyl (C=O) groups is 1. The fraction of sp³-hybridized carbons (Fsp3) is 0.933. The maximum Gasteiger partial charge on any atom is 0.127 e. The molecule has 0 aromatic rings. The summed E-state index contributed by atoms with van der Waals surface area (Å²) in [6, 6.07) is 0.742. The van der Waals surface area contributed by atoms with E-state index in [9.17, 15) is 4.79 Å². The summed E-state index contributed by atoms with van der Waals surface area (Å²) in [6.45, 7) is 3.31. The highest BCUT2D eigenvalue weighted by Gasteiger charge is 2.36. The summed E-state index contributed by atoms with van der Waals surface area (Å²) in [5.41, 5.74) is -0.0240. The third-order valence-corrected chi connectivity index (χ3v) is 5.03. The molecule has 0 N–H and O–H groups in total. The van der Waals surface area contributed by atoms with Gasteiger partial charge in [-0.05, 0) is 51.5 Å². The molecule has 0 amide bonds. The number of nitrogens with zero attached hydrogens (tertiary/aromatic N) is 1. The van der Waals surface area contributed by atoms with E-state index in [0.29, 0.717) is 0 Å². The fourth-order valence-electron chi connectivity index (χ4n) is 3.62. The zero-order valence-corrected chi connectivity index (χ0v) is 11.5. The molecule has 0 aliphatic heterocycles. The van der Waals surface area contributed by atoms with Gasteiger partial charge in [-0.25, -0.2) is 0 Å². The fourth-order valence-corrected chi connectivity index (χ4v) is 3.62. The quantitative estimate of drug-likeness (QED) is 0.700. The van der Waals surface area contributed by atoms with Crippen LogP contribution in [0.3, 0.4) is 0 Å².